The van der Waals surface area contributed by atoms with Crippen molar-refractivity contribution in [1.29, 1.82) is 0 Å². The molecule has 228 valence electrons. The summed E-state index contributed by atoms with van der Waals surface area (Å²) in [4.78, 5) is 12.2. The van der Waals surface area contributed by atoms with Gasteiger partial charge in [0.05, 0.1) is 0 Å². The lowest BCUT2D eigenvalue weighted by Gasteiger charge is -2.18. The highest BCUT2D eigenvalue weighted by Gasteiger charge is 2.14. The first-order valence-electron chi connectivity index (χ1n) is 15.5. The van der Waals surface area contributed by atoms with Crippen LogP contribution in [-0.2, 0) is 12.8 Å². The van der Waals surface area contributed by atoms with Gasteiger partial charge < -0.3 is 4.99 Å². The standard InChI is InChI=1S/C27H41N.C7H9N.C2H5N.C2H6/c1-8-13-26(27(20-21(2)3)28-24(7)22(4)5)17-12-14-23(6)18-19-25-15-10-9-11-16-25;1-2-7-4-3-5-8-6-7;1-3-2;1-2/h9-11,15-16,20,26H,6,8,12-14,17-19H2,1-5,7H3;3-6H,2H2,1H3;1H2,2H3;1-2H3. The Balaban J connectivity index is 0. The number of hydrogen-bond donors (Lipinski definition) is 0. The zero-order valence-electron chi connectivity index (χ0n) is 28.3. The summed E-state index contributed by atoms with van der Waals surface area (Å²) in [5.74, 6) is 0.538. The Morgan fingerprint density at radius 1 is 0.902 bits per heavy atom. The molecule has 1 heterocycles. The normalized spacial score (nSPS) is 10.7. The predicted molar refractivity (Wildman–Crippen MR) is 188 cm³/mol. The molecule has 41 heavy (non-hydrogen) atoms. The number of rotatable bonds is 13. The molecule has 0 saturated heterocycles. The van der Waals surface area contributed by atoms with E-state index >= 15 is 0 Å². The maximum Gasteiger partial charge on any atom is 0.0437 e. The van der Waals surface area contributed by atoms with Gasteiger partial charge in [-0.15, -0.1) is 0 Å². The van der Waals surface area contributed by atoms with Crippen molar-refractivity contribution in [1.82, 2.24) is 4.98 Å². The van der Waals surface area contributed by atoms with E-state index in [1.165, 1.54) is 59.2 Å². The second-order valence-corrected chi connectivity index (χ2v) is 10.5. The van der Waals surface area contributed by atoms with Crippen LogP contribution < -0.4 is 0 Å². The number of aryl methyl sites for hydroxylation is 2. The molecular formula is C38H61N3. The Labute approximate surface area is 254 Å². The van der Waals surface area contributed by atoms with E-state index in [0.29, 0.717) is 5.92 Å². The van der Waals surface area contributed by atoms with Crippen LogP contribution in [0.25, 0.3) is 0 Å². The highest BCUT2D eigenvalue weighted by molar-refractivity contribution is 5.98. The lowest BCUT2D eigenvalue weighted by molar-refractivity contribution is 0.540. The maximum absolute atomic E-state index is 5.01. The van der Waals surface area contributed by atoms with Gasteiger partial charge in [0.2, 0.25) is 0 Å². The molecule has 2 aromatic rings. The van der Waals surface area contributed by atoms with Crippen molar-refractivity contribution in [3.63, 3.8) is 0 Å². The van der Waals surface area contributed by atoms with Gasteiger partial charge >= 0.3 is 0 Å². The third kappa shape index (κ3) is 22.3. The highest BCUT2D eigenvalue weighted by atomic mass is 14.8. The Bertz CT molecular complexity index is 1010. The van der Waals surface area contributed by atoms with Crippen molar-refractivity contribution in [3.05, 3.63) is 101 Å². The molecule has 3 nitrogen and oxygen atoms in total. The zero-order chi connectivity index (χ0) is 31.5. The minimum Gasteiger partial charge on any atom is -0.304 e. The maximum atomic E-state index is 5.01. The number of nitrogens with zero attached hydrogens (tertiary/aromatic N) is 3. The third-order valence-corrected chi connectivity index (χ3v) is 6.34. The first-order valence-corrected chi connectivity index (χ1v) is 15.5. The average molecular weight is 560 g/mol. The van der Waals surface area contributed by atoms with Gasteiger partial charge in [-0.05, 0) is 110 Å². The number of aliphatic imine (C=N–C) groups is 2. The summed E-state index contributed by atoms with van der Waals surface area (Å²) in [6, 6.07) is 14.8. The zero-order valence-corrected chi connectivity index (χ0v) is 28.3. The van der Waals surface area contributed by atoms with E-state index in [-0.39, 0.29) is 0 Å². The summed E-state index contributed by atoms with van der Waals surface area (Å²) in [7, 11) is 1.64. The van der Waals surface area contributed by atoms with Crippen LogP contribution in [0, 0.1) is 5.92 Å². The minimum atomic E-state index is 0.538. The fraction of sp³-hybridized carbons (Fsp3) is 0.500. The van der Waals surface area contributed by atoms with Gasteiger partial charge in [-0.3, -0.25) is 9.98 Å². The van der Waals surface area contributed by atoms with E-state index in [1.807, 2.05) is 26.1 Å². The fourth-order valence-electron chi connectivity index (χ4n) is 3.93. The summed E-state index contributed by atoms with van der Waals surface area (Å²) in [5.41, 5.74) is 9.12. The van der Waals surface area contributed by atoms with Crippen molar-refractivity contribution in [2.24, 2.45) is 15.9 Å². The average Bonchev–Trinajstić information content (AvgIpc) is 2.97. The second kappa shape index (κ2) is 27.1. The molecule has 1 aromatic heterocycles. The highest BCUT2D eigenvalue weighted by Crippen LogP contribution is 2.23. The molecule has 0 aliphatic rings. The van der Waals surface area contributed by atoms with E-state index in [2.05, 4.69) is 114 Å². The molecule has 0 spiro atoms. The molecule has 0 radical (unpaired) electrons. The number of aromatic nitrogens is 1. The van der Waals surface area contributed by atoms with Crippen LogP contribution >= 0.6 is 0 Å². The Morgan fingerprint density at radius 3 is 1.98 bits per heavy atom. The second-order valence-electron chi connectivity index (χ2n) is 10.5. The molecule has 0 fully saturated rings. The summed E-state index contributed by atoms with van der Waals surface area (Å²) < 4.78 is 0. The van der Waals surface area contributed by atoms with E-state index in [4.69, 9.17) is 4.99 Å². The Morgan fingerprint density at radius 2 is 1.51 bits per heavy atom. The smallest absolute Gasteiger partial charge is 0.0437 e. The summed E-state index contributed by atoms with van der Waals surface area (Å²) in [6.07, 6.45) is 15.1. The van der Waals surface area contributed by atoms with Gasteiger partial charge in [-0.2, -0.15) is 0 Å². The lowest BCUT2D eigenvalue weighted by Crippen LogP contribution is -2.13. The van der Waals surface area contributed by atoms with Gasteiger partial charge in [-0.1, -0.05) is 93.8 Å². The third-order valence-electron chi connectivity index (χ3n) is 6.34. The minimum absolute atomic E-state index is 0.538. The van der Waals surface area contributed by atoms with E-state index in [0.717, 1.165) is 31.4 Å². The molecule has 3 heteroatoms. The van der Waals surface area contributed by atoms with Crippen molar-refractivity contribution in [2.75, 3.05) is 7.05 Å². The molecule has 2 rings (SSSR count). The van der Waals surface area contributed by atoms with Gasteiger partial charge in [0.25, 0.3) is 0 Å². The molecule has 0 aliphatic carbocycles. The number of pyridine rings is 1. The molecule has 0 bridgehead atoms. The van der Waals surface area contributed by atoms with E-state index in [1.54, 1.807) is 13.2 Å². The van der Waals surface area contributed by atoms with Crippen LogP contribution in [0.15, 0.2) is 99.9 Å². The Hall–Kier alpha value is -3.07. The van der Waals surface area contributed by atoms with E-state index in [9.17, 15) is 0 Å². The SMILES string of the molecule is C=C(CCCC(CCC)C(C=C(C)C)=NC(C)=C(C)C)CCc1ccccc1.C=NC.CC.CCc1cccnc1. The number of allylic oxidation sites excluding steroid dienone is 5. The largest absolute Gasteiger partial charge is 0.304 e. The van der Waals surface area contributed by atoms with Crippen molar-refractivity contribution in [3.8, 4) is 0 Å². The lowest BCUT2D eigenvalue weighted by atomic mass is 9.89. The first-order chi connectivity index (χ1) is 19.7. The molecular weight excluding hydrogens is 498 g/mol. The predicted octanol–water partition coefficient (Wildman–Crippen LogP) is 11.5. The molecule has 1 atom stereocenters. The van der Waals surface area contributed by atoms with Crippen molar-refractivity contribution < 1.29 is 0 Å². The molecule has 0 amide bonds. The van der Waals surface area contributed by atoms with Crippen LogP contribution in [0.1, 0.15) is 112 Å². The van der Waals surface area contributed by atoms with Crippen LogP contribution in [0.3, 0.4) is 0 Å². The summed E-state index contributed by atoms with van der Waals surface area (Å²) in [5, 5.41) is 0. The first kappa shape index (κ1) is 40.1. The van der Waals surface area contributed by atoms with Gasteiger partial charge in [0.1, 0.15) is 0 Å². The van der Waals surface area contributed by atoms with Gasteiger partial charge in [0.15, 0.2) is 0 Å². The van der Waals surface area contributed by atoms with Crippen molar-refractivity contribution >= 4 is 12.4 Å². The van der Waals surface area contributed by atoms with Crippen LogP contribution in [0.5, 0.6) is 0 Å². The fourth-order valence-corrected chi connectivity index (χ4v) is 3.93. The number of hydrogen-bond acceptors (Lipinski definition) is 3. The van der Waals surface area contributed by atoms with Crippen molar-refractivity contribution in [2.45, 2.75) is 114 Å². The molecule has 0 N–H and O–H groups in total. The van der Waals surface area contributed by atoms with Crippen LogP contribution in [-0.4, -0.2) is 24.5 Å². The molecule has 1 aromatic carbocycles. The van der Waals surface area contributed by atoms with Gasteiger partial charge in [0, 0.05) is 36.8 Å². The Kier molecular flexibility index (Phi) is 26.5. The van der Waals surface area contributed by atoms with Gasteiger partial charge in [-0.25, -0.2) is 0 Å². The monoisotopic (exact) mass is 559 g/mol. The molecule has 0 aliphatic heterocycles. The quantitative estimate of drug-likeness (QED) is 0.178. The summed E-state index contributed by atoms with van der Waals surface area (Å²) >= 11 is 0. The van der Waals surface area contributed by atoms with Crippen LogP contribution in [0.2, 0.25) is 0 Å². The number of benzene rings is 1. The molecule has 0 saturated carbocycles. The molecule has 1 unspecified atom stereocenters. The van der Waals surface area contributed by atoms with E-state index < -0.39 is 0 Å². The van der Waals surface area contributed by atoms with Crippen LogP contribution in [0.4, 0.5) is 0 Å². The topological polar surface area (TPSA) is 37.6 Å². The summed E-state index contributed by atoms with van der Waals surface area (Å²) in [6.45, 7) is 26.6.